The van der Waals surface area contributed by atoms with Crippen molar-refractivity contribution in [2.75, 3.05) is 12.8 Å². The summed E-state index contributed by atoms with van der Waals surface area (Å²) < 4.78 is 16.0. The summed E-state index contributed by atoms with van der Waals surface area (Å²) in [6.45, 7) is 2.59. The first kappa shape index (κ1) is 15.0. The Balaban J connectivity index is 2.35. The highest BCUT2D eigenvalue weighted by Crippen LogP contribution is 2.35. The molecule has 1 rings (SSSR count). The van der Waals surface area contributed by atoms with Crippen LogP contribution < -0.4 is 4.74 Å². The molecule has 0 saturated heterocycles. The molecule has 4 nitrogen and oxygen atoms in total. The SMILES string of the molecule is CCOc1ccc(C=CCCCP(=O)(O)O)cc1. The third-order valence-corrected chi connectivity index (χ3v) is 3.22. The van der Waals surface area contributed by atoms with Crippen molar-refractivity contribution in [2.24, 2.45) is 0 Å². The molecule has 0 aliphatic rings. The summed E-state index contributed by atoms with van der Waals surface area (Å²) in [6.07, 6.45) is 4.97. The van der Waals surface area contributed by atoms with Gasteiger partial charge in [0.1, 0.15) is 5.75 Å². The van der Waals surface area contributed by atoms with Crippen LogP contribution in [0.3, 0.4) is 0 Å². The second-order valence-electron chi connectivity index (χ2n) is 3.93. The van der Waals surface area contributed by atoms with Crippen LogP contribution >= 0.6 is 7.60 Å². The van der Waals surface area contributed by atoms with E-state index in [1.165, 1.54) is 0 Å². The van der Waals surface area contributed by atoms with E-state index < -0.39 is 7.60 Å². The number of allylic oxidation sites excluding steroid dienone is 1. The minimum Gasteiger partial charge on any atom is -0.494 e. The Morgan fingerprint density at radius 2 is 1.94 bits per heavy atom. The van der Waals surface area contributed by atoms with Crippen molar-refractivity contribution in [2.45, 2.75) is 19.8 Å². The lowest BCUT2D eigenvalue weighted by molar-refractivity contribution is 0.340. The summed E-state index contributed by atoms with van der Waals surface area (Å²) in [6, 6.07) is 7.70. The van der Waals surface area contributed by atoms with Crippen molar-refractivity contribution in [1.82, 2.24) is 0 Å². The van der Waals surface area contributed by atoms with Gasteiger partial charge in [-0.3, -0.25) is 4.57 Å². The van der Waals surface area contributed by atoms with Crippen LogP contribution in [-0.4, -0.2) is 22.6 Å². The van der Waals surface area contributed by atoms with Gasteiger partial charge < -0.3 is 14.5 Å². The maximum absolute atomic E-state index is 10.6. The maximum atomic E-state index is 10.6. The van der Waals surface area contributed by atoms with E-state index in [0.29, 0.717) is 19.4 Å². The van der Waals surface area contributed by atoms with Crippen molar-refractivity contribution < 1.29 is 19.1 Å². The predicted molar refractivity (Wildman–Crippen MR) is 72.8 cm³/mol. The Hall–Kier alpha value is -1.09. The van der Waals surface area contributed by atoms with Crippen LogP contribution in [0.15, 0.2) is 30.3 Å². The Bertz CT molecular complexity index is 419. The molecule has 18 heavy (non-hydrogen) atoms. The normalized spacial score (nSPS) is 11.9. The Labute approximate surface area is 107 Å². The number of hydrogen-bond donors (Lipinski definition) is 2. The quantitative estimate of drug-likeness (QED) is 0.590. The number of unbranched alkanes of at least 4 members (excludes halogenated alkanes) is 1. The van der Waals surface area contributed by atoms with Gasteiger partial charge in [-0.1, -0.05) is 24.3 Å². The minimum absolute atomic E-state index is 0.0549. The zero-order valence-electron chi connectivity index (χ0n) is 10.5. The van der Waals surface area contributed by atoms with Gasteiger partial charge in [0.25, 0.3) is 0 Å². The molecule has 0 aromatic heterocycles. The van der Waals surface area contributed by atoms with Crippen molar-refractivity contribution >= 4 is 13.7 Å². The monoisotopic (exact) mass is 270 g/mol. The van der Waals surface area contributed by atoms with E-state index in [0.717, 1.165) is 11.3 Å². The molecule has 1 aromatic rings. The first-order valence-electron chi connectivity index (χ1n) is 5.95. The highest BCUT2D eigenvalue weighted by molar-refractivity contribution is 7.51. The van der Waals surface area contributed by atoms with Gasteiger partial charge in [-0.2, -0.15) is 0 Å². The summed E-state index contributed by atoms with van der Waals surface area (Å²) in [5, 5.41) is 0. The zero-order valence-corrected chi connectivity index (χ0v) is 11.3. The molecule has 0 fully saturated rings. The standard InChI is InChI=1S/C13H19O4P/c1-2-17-13-9-7-12(8-10-13)6-4-3-5-11-18(14,15)16/h4,6-10H,2-3,5,11H2,1H3,(H2,14,15,16). The fraction of sp³-hybridized carbons (Fsp3) is 0.385. The molecule has 0 bridgehead atoms. The predicted octanol–water partition coefficient (Wildman–Crippen LogP) is 3.06. The first-order valence-corrected chi connectivity index (χ1v) is 7.75. The molecule has 0 radical (unpaired) electrons. The molecule has 0 spiro atoms. The van der Waals surface area contributed by atoms with Gasteiger partial charge in [0.15, 0.2) is 0 Å². The first-order chi connectivity index (χ1) is 8.51. The molecule has 100 valence electrons. The second-order valence-corrected chi connectivity index (χ2v) is 5.71. The van der Waals surface area contributed by atoms with Gasteiger partial charge in [-0.05, 0) is 37.5 Å². The molecule has 0 amide bonds. The smallest absolute Gasteiger partial charge is 0.325 e. The number of benzene rings is 1. The van der Waals surface area contributed by atoms with Gasteiger partial charge in [-0.15, -0.1) is 0 Å². The topological polar surface area (TPSA) is 66.8 Å². The van der Waals surface area contributed by atoms with E-state index in [4.69, 9.17) is 14.5 Å². The lowest BCUT2D eigenvalue weighted by atomic mass is 10.2. The third-order valence-electron chi connectivity index (χ3n) is 2.32. The van der Waals surface area contributed by atoms with Gasteiger partial charge in [-0.25, -0.2) is 0 Å². The third kappa shape index (κ3) is 6.60. The highest BCUT2D eigenvalue weighted by atomic mass is 31.2. The van der Waals surface area contributed by atoms with E-state index >= 15 is 0 Å². The highest BCUT2D eigenvalue weighted by Gasteiger charge is 2.10. The van der Waals surface area contributed by atoms with Crippen LogP contribution in [0.2, 0.25) is 0 Å². The van der Waals surface area contributed by atoms with Crippen LogP contribution in [0.4, 0.5) is 0 Å². The van der Waals surface area contributed by atoms with Crippen molar-refractivity contribution in [3.8, 4) is 5.75 Å². The Kier molecular flexibility index (Phi) is 6.13. The molecule has 0 aliphatic carbocycles. The number of rotatable bonds is 7. The second kappa shape index (κ2) is 7.37. The maximum Gasteiger partial charge on any atom is 0.325 e. The van der Waals surface area contributed by atoms with Crippen LogP contribution in [-0.2, 0) is 4.57 Å². The average molecular weight is 270 g/mol. The summed E-state index contributed by atoms with van der Waals surface area (Å²) in [7, 11) is -3.84. The van der Waals surface area contributed by atoms with E-state index in [-0.39, 0.29) is 6.16 Å². The largest absolute Gasteiger partial charge is 0.494 e. The summed E-state index contributed by atoms with van der Waals surface area (Å²) in [5.74, 6) is 0.844. The summed E-state index contributed by atoms with van der Waals surface area (Å²) in [5.41, 5.74) is 1.05. The van der Waals surface area contributed by atoms with E-state index in [1.807, 2.05) is 43.3 Å². The van der Waals surface area contributed by atoms with Gasteiger partial charge in [0, 0.05) is 0 Å². The van der Waals surface area contributed by atoms with Crippen LogP contribution in [0, 0.1) is 0 Å². The van der Waals surface area contributed by atoms with Gasteiger partial charge in [0.05, 0.1) is 12.8 Å². The van der Waals surface area contributed by atoms with Crippen molar-refractivity contribution in [3.05, 3.63) is 35.9 Å². The molecular formula is C13H19O4P. The van der Waals surface area contributed by atoms with Crippen molar-refractivity contribution in [1.29, 1.82) is 0 Å². The lowest BCUT2D eigenvalue weighted by Gasteiger charge is -2.02. The van der Waals surface area contributed by atoms with E-state index in [9.17, 15) is 4.57 Å². The Morgan fingerprint density at radius 3 is 2.50 bits per heavy atom. The van der Waals surface area contributed by atoms with Crippen LogP contribution in [0.25, 0.3) is 6.08 Å². The fourth-order valence-electron chi connectivity index (χ4n) is 1.48. The van der Waals surface area contributed by atoms with E-state index in [1.54, 1.807) is 0 Å². The summed E-state index contributed by atoms with van der Waals surface area (Å²) >= 11 is 0. The molecule has 5 heteroatoms. The number of hydrogen-bond acceptors (Lipinski definition) is 2. The fourth-order valence-corrected chi connectivity index (χ4v) is 2.07. The molecule has 0 heterocycles. The molecule has 0 aliphatic heterocycles. The van der Waals surface area contributed by atoms with Gasteiger partial charge >= 0.3 is 7.60 Å². The van der Waals surface area contributed by atoms with E-state index in [2.05, 4.69) is 0 Å². The molecule has 0 unspecified atom stereocenters. The van der Waals surface area contributed by atoms with Crippen LogP contribution in [0.1, 0.15) is 25.3 Å². The number of ether oxygens (including phenoxy) is 1. The van der Waals surface area contributed by atoms with Gasteiger partial charge in [0.2, 0.25) is 0 Å². The molecule has 1 aromatic carbocycles. The van der Waals surface area contributed by atoms with Crippen LogP contribution in [0.5, 0.6) is 5.75 Å². The molecule has 0 atom stereocenters. The molecule has 0 saturated carbocycles. The zero-order chi connectivity index (χ0) is 13.4. The summed E-state index contributed by atoms with van der Waals surface area (Å²) in [4.78, 5) is 17.4. The average Bonchev–Trinajstić information content (AvgIpc) is 2.30. The molecule has 2 N–H and O–H groups in total. The van der Waals surface area contributed by atoms with Crippen molar-refractivity contribution in [3.63, 3.8) is 0 Å². The molecular weight excluding hydrogens is 251 g/mol. The lowest BCUT2D eigenvalue weighted by Crippen LogP contribution is -1.90. The Morgan fingerprint density at radius 1 is 1.28 bits per heavy atom. The minimum atomic E-state index is -3.84.